The number of hydroxylamine groups is 1. The first-order valence-corrected chi connectivity index (χ1v) is 6.49. The van der Waals surface area contributed by atoms with Crippen LogP contribution in [0.15, 0.2) is 11.9 Å². The van der Waals surface area contributed by atoms with Gasteiger partial charge in [0.2, 0.25) is 0 Å². The second kappa shape index (κ2) is 6.40. The van der Waals surface area contributed by atoms with Crippen LogP contribution in [0, 0.1) is 5.21 Å². The Morgan fingerprint density at radius 1 is 1.33 bits per heavy atom. The van der Waals surface area contributed by atoms with Gasteiger partial charge in [0.25, 0.3) is 0 Å². The van der Waals surface area contributed by atoms with E-state index in [0.717, 1.165) is 0 Å². The molecule has 1 N–H and O–H groups in total. The lowest BCUT2D eigenvalue weighted by Crippen LogP contribution is -2.32. The maximum absolute atomic E-state index is 11.9. The normalized spacial score (nSPS) is 13.7. The molecule has 0 aliphatic carbocycles. The minimum atomic E-state index is -3.19. The van der Waals surface area contributed by atoms with Crippen LogP contribution >= 0.6 is 7.60 Å². The van der Waals surface area contributed by atoms with Crippen LogP contribution in [0.5, 0.6) is 0 Å². The van der Waals surface area contributed by atoms with Crippen molar-refractivity contribution in [3.63, 3.8) is 0 Å². The molecule has 0 bridgehead atoms. The SMILES string of the molecule is CCOP(=O)(C=CC(C)(C)N[O-])OCC. The Balaban J connectivity index is 4.60. The minimum Gasteiger partial charge on any atom is -0.787 e. The fraction of sp³-hybridized carbons (Fsp3) is 0.778. The van der Waals surface area contributed by atoms with Crippen molar-refractivity contribution in [2.45, 2.75) is 33.2 Å². The average Bonchev–Trinajstić information content (AvgIpc) is 2.16. The summed E-state index contributed by atoms with van der Waals surface area (Å²) in [5.74, 6) is 1.32. The lowest BCUT2D eigenvalue weighted by molar-refractivity contribution is 0.228. The van der Waals surface area contributed by atoms with Crippen molar-refractivity contribution in [1.82, 2.24) is 5.48 Å². The monoisotopic (exact) mass is 236 g/mol. The lowest BCUT2D eigenvalue weighted by Gasteiger charge is -2.27. The Labute approximate surface area is 91.0 Å². The average molecular weight is 236 g/mol. The third kappa shape index (κ3) is 6.07. The summed E-state index contributed by atoms with van der Waals surface area (Å²) in [5, 5.41) is 10.5. The van der Waals surface area contributed by atoms with Crippen LogP contribution in [0.1, 0.15) is 27.7 Å². The van der Waals surface area contributed by atoms with Gasteiger partial charge in [0.15, 0.2) is 0 Å². The van der Waals surface area contributed by atoms with Crippen LogP contribution in [0.3, 0.4) is 0 Å². The highest BCUT2D eigenvalue weighted by molar-refractivity contribution is 7.57. The van der Waals surface area contributed by atoms with E-state index in [0.29, 0.717) is 13.2 Å². The number of hydrogen-bond donors (Lipinski definition) is 1. The lowest BCUT2D eigenvalue weighted by atomic mass is 10.1. The Morgan fingerprint density at radius 2 is 1.80 bits per heavy atom. The summed E-state index contributed by atoms with van der Waals surface area (Å²) in [4.78, 5) is 0. The molecule has 5 nitrogen and oxygen atoms in total. The van der Waals surface area contributed by atoms with E-state index in [-0.39, 0.29) is 0 Å². The van der Waals surface area contributed by atoms with Crippen molar-refractivity contribution in [3.8, 4) is 0 Å². The maximum atomic E-state index is 11.9. The second-order valence-electron chi connectivity index (χ2n) is 3.51. The molecule has 0 heterocycles. The van der Waals surface area contributed by atoms with Gasteiger partial charge < -0.3 is 19.7 Å². The quantitative estimate of drug-likeness (QED) is 0.543. The van der Waals surface area contributed by atoms with Crippen LogP contribution in [0.4, 0.5) is 0 Å². The molecule has 0 atom stereocenters. The molecule has 0 aromatic heterocycles. The van der Waals surface area contributed by atoms with Crippen LogP contribution in [-0.2, 0) is 13.6 Å². The zero-order valence-corrected chi connectivity index (χ0v) is 10.5. The maximum Gasteiger partial charge on any atom is 0.353 e. The van der Waals surface area contributed by atoms with Crippen LogP contribution in [0.25, 0.3) is 0 Å². The Bertz CT molecular complexity index is 242. The van der Waals surface area contributed by atoms with E-state index in [1.54, 1.807) is 27.7 Å². The molecule has 0 rings (SSSR count). The third-order valence-corrected chi connectivity index (χ3v) is 3.31. The van der Waals surface area contributed by atoms with E-state index in [1.807, 2.05) is 5.48 Å². The van der Waals surface area contributed by atoms with Crippen LogP contribution in [-0.4, -0.2) is 18.8 Å². The molecular weight excluding hydrogens is 217 g/mol. The van der Waals surface area contributed by atoms with Gasteiger partial charge in [-0.1, -0.05) is 6.08 Å². The van der Waals surface area contributed by atoms with E-state index in [1.165, 1.54) is 11.9 Å². The zero-order chi connectivity index (χ0) is 11.9. The van der Waals surface area contributed by atoms with E-state index < -0.39 is 13.1 Å². The Morgan fingerprint density at radius 3 is 2.13 bits per heavy atom. The van der Waals surface area contributed by atoms with Gasteiger partial charge in [-0.2, -0.15) is 0 Å². The first-order valence-electron chi connectivity index (χ1n) is 4.87. The van der Waals surface area contributed by atoms with Gasteiger partial charge in [0, 0.05) is 11.4 Å². The fourth-order valence-electron chi connectivity index (χ4n) is 0.795. The molecular formula is C9H19NO4P-. The molecule has 0 aromatic rings. The van der Waals surface area contributed by atoms with Gasteiger partial charge in [0.1, 0.15) is 0 Å². The third-order valence-electron chi connectivity index (χ3n) is 1.55. The molecule has 15 heavy (non-hydrogen) atoms. The largest absolute Gasteiger partial charge is 0.787 e. The molecule has 90 valence electrons. The summed E-state index contributed by atoms with van der Waals surface area (Å²) in [6, 6.07) is 0. The van der Waals surface area contributed by atoms with Crippen molar-refractivity contribution in [2.75, 3.05) is 13.2 Å². The summed E-state index contributed by atoms with van der Waals surface area (Å²) in [6.45, 7) is 7.39. The molecule has 0 aliphatic rings. The molecule has 0 spiro atoms. The summed E-state index contributed by atoms with van der Waals surface area (Å²) in [6.07, 6.45) is 1.49. The summed E-state index contributed by atoms with van der Waals surface area (Å²) in [5.41, 5.74) is 1.06. The van der Waals surface area contributed by atoms with E-state index >= 15 is 0 Å². The van der Waals surface area contributed by atoms with Crippen molar-refractivity contribution < 1.29 is 13.6 Å². The second-order valence-corrected chi connectivity index (χ2v) is 5.41. The molecule has 0 radical (unpaired) electrons. The first kappa shape index (κ1) is 14.8. The van der Waals surface area contributed by atoms with E-state index in [2.05, 4.69) is 0 Å². The van der Waals surface area contributed by atoms with Gasteiger partial charge >= 0.3 is 7.60 Å². The molecule has 6 heteroatoms. The Kier molecular flexibility index (Phi) is 6.32. The smallest absolute Gasteiger partial charge is 0.353 e. The molecule has 0 aliphatic heterocycles. The number of nitrogens with one attached hydrogen (secondary N) is 1. The van der Waals surface area contributed by atoms with Gasteiger partial charge in [0.05, 0.1) is 13.2 Å². The van der Waals surface area contributed by atoms with Gasteiger partial charge in [-0.25, -0.2) is 0 Å². The Hall–Kier alpha value is -0.190. The number of rotatable bonds is 7. The van der Waals surface area contributed by atoms with Crippen LogP contribution in [0.2, 0.25) is 0 Å². The molecule has 0 amide bonds. The van der Waals surface area contributed by atoms with E-state index in [4.69, 9.17) is 9.05 Å². The highest BCUT2D eigenvalue weighted by Gasteiger charge is 2.20. The first-order chi connectivity index (χ1) is 6.89. The van der Waals surface area contributed by atoms with Crippen molar-refractivity contribution in [1.29, 1.82) is 0 Å². The highest BCUT2D eigenvalue weighted by atomic mass is 31.2. The summed E-state index contributed by atoms with van der Waals surface area (Å²) in [7, 11) is -3.19. The summed E-state index contributed by atoms with van der Waals surface area (Å²) < 4.78 is 22.0. The topological polar surface area (TPSA) is 70.6 Å². The van der Waals surface area contributed by atoms with Crippen molar-refractivity contribution >= 4 is 7.60 Å². The fourth-order valence-corrected chi connectivity index (χ4v) is 2.32. The zero-order valence-electron chi connectivity index (χ0n) is 9.65. The van der Waals surface area contributed by atoms with Gasteiger partial charge in [-0.05, 0) is 27.7 Å². The van der Waals surface area contributed by atoms with Crippen molar-refractivity contribution in [3.05, 3.63) is 17.1 Å². The standard InChI is InChI=1S/C9H19NO4P/c1-5-13-15(12,14-6-2)8-7-9(3,4)10-11/h7-8,10H,5-6H2,1-4H3/q-1. The highest BCUT2D eigenvalue weighted by Crippen LogP contribution is 2.49. The molecule has 0 saturated heterocycles. The predicted octanol–water partition coefficient (Wildman–Crippen LogP) is 2.63. The summed E-state index contributed by atoms with van der Waals surface area (Å²) >= 11 is 0. The molecule has 0 aromatic carbocycles. The number of hydrogen-bond acceptors (Lipinski definition) is 5. The molecule has 0 fully saturated rings. The molecule has 0 saturated carbocycles. The minimum absolute atomic E-state index is 0.298. The van der Waals surface area contributed by atoms with Crippen LogP contribution < -0.4 is 5.48 Å². The predicted molar refractivity (Wildman–Crippen MR) is 60.6 cm³/mol. The van der Waals surface area contributed by atoms with Gasteiger partial charge in [-0.3, -0.25) is 4.57 Å². The van der Waals surface area contributed by atoms with Gasteiger partial charge in [-0.15, -0.1) is 0 Å². The van der Waals surface area contributed by atoms with E-state index in [9.17, 15) is 9.77 Å². The molecule has 0 unspecified atom stereocenters. The van der Waals surface area contributed by atoms with Crippen molar-refractivity contribution in [2.24, 2.45) is 0 Å².